The fraction of sp³-hybridized carbons (Fsp3) is 0.167. The predicted molar refractivity (Wildman–Crippen MR) is 124 cm³/mol. The van der Waals surface area contributed by atoms with Crippen molar-refractivity contribution in [3.8, 4) is 11.3 Å². The molecule has 9 heteroatoms. The Morgan fingerprint density at radius 3 is 2.88 bits per heavy atom. The third-order valence-electron chi connectivity index (χ3n) is 5.63. The lowest BCUT2D eigenvalue weighted by Crippen LogP contribution is -2.39. The molecule has 1 aromatic carbocycles. The quantitative estimate of drug-likeness (QED) is 0.373. The molecule has 4 aromatic heterocycles. The normalized spacial score (nSPS) is 12.2. The molecule has 0 saturated carbocycles. The van der Waals surface area contributed by atoms with Crippen LogP contribution in [0.1, 0.15) is 11.1 Å². The Morgan fingerprint density at radius 1 is 1.21 bits per heavy atom. The Kier molecular flexibility index (Phi) is 5.21. The van der Waals surface area contributed by atoms with Crippen LogP contribution in [0.15, 0.2) is 61.2 Å². The van der Waals surface area contributed by atoms with Crippen molar-refractivity contribution in [2.24, 2.45) is 0 Å². The summed E-state index contributed by atoms with van der Waals surface area (Å²) < 4.78 is 15.5. The number of halogens is 1. The minimum absolute atomic E-state index is 0.164. The van der Waals surface area contributed by atoms with Gasteiger partial charge in [-0.05, 0) is 24.6 Å². The van der Waals surface area contributed by atoms with Crippen LogP contribution in [0.2, 0.25) is 0 Å². The maximum Gasteiger partial charge on any atom is 0.242 e. The van der Waals surface area contributed by atoms with E-state index in [-0.39, 0.29) is 5.91 Å². The van der Waals surface area contributed by atoms with E-state index in [0.29, 0.717) is 29.1 Å². The number of carbonyl (C=O) groups excluding carboxylic acids is 1. The van der Waals surface area contributed by atoms with Crippen LogP contribution in [0.25, 0.3) is 27.8 Å². The van der Waals surface area contributed by atoms with Crippen LogP contribution in [0, 0.1) is 12.7 Å². The summed E-state index contributed by atoms with van der Waals surface area (Å²) in [5.41, 5.74) is 4.57. The molecular weight excluding hydrogens is 421 g/mol. The zero-order chi connectivity index (χ0) is 22.9. The topological polar surface area (TPSA) is 100 Å². The van der Waals surface area contributed by atoms with Gasteiger partial charge in [0.25, 0.3) is 0 Å². The Balaban J connectivity index is 1.57. The molecule has 0 fully saturated rings. The van der Waals surface area contributed by atoms with Crippen LogP contribution >= 0.6 is 0 Å². The van der Waals surface area contributed by atoms with Gasteiger partial charge in [0.15, 0.2) is 5.65 Å². The lowest BCUT2D eigenvalue weighted by molar-refractivity contribution is -0.121. The first kappa shape index (κ1) is 20.6. The number of hydrogen-bond acceptors (Lipinski definition) is 5. The second kappa shape index (κ2) is 8.34. The monoisotopic (exact) mass is 443 g/mol. The van der Waals surface area contributed by atoms with E-state index < -0.39 is 11.9 Å². The number of nitrogens with zero attached hydrogens (tertiary/aromatic N) is 4. The molecule has 0 aliphatic carbocycles. The third kappa shape index (κ3) is 3.89. The molecule has 1 amide bonds. The van der Waals surface area contributed by atoms with Gasteiger partial charge in [-0.1, -0.05) is 18.2 Å². The zero-order valence-electron chi connectivity index (χ0n) is 18.1. The van der Waals surface area contributed by atoms with E-state index in [9.17, 15) is 9.18 Å². The highest BCUT2D eigenvalue weighted by Gasteiger charge is 2.22. The second-order valence-corrected chi connectivity index (χ2v) is 7.86. The minimum Gasteiger partial charge on any atom is -0.361 e. The van der Waals surface area contributed by atoms with Gasteiger partial charge in [-0.3, -0.25) is 9.78 Å². The van der Waals surface area contributed by atoms with Gasteiger partial charge in [0.05, 0.1) is 18.1 Å². The molecule has 0 saturated heterocycles. The molecule has 0 bridgehead atoms. The van der Waals surface area contributed by atoms with Gasteiger partial charge in [-0.2, -0.15) is 9.61 Å². The maximum absolute atomic E-state index is 13.8. The number of aryl methyl sites for hydroxylation is 1. The van der Waals surface area contributed by atoms with Gasteiger partial charge >= 0.3 is 0 Å². The highest BCUT2D eigenvalue weighted by Crippen LogP contribution is 2.25. The van der Waals surface area contributed by atoms with Crippen molar-refractivity contribution in [3.05, 3.63) is 78.1 Å². The number of carbonyl (C=O) groups is 1. The molecule has 5 rings (SSSR count). The van der Waals surface area contributed by atoms with Crippen molar-refractivity contribution in [3.63, 3.8) is 0 Å². The highest BCUT2D eigenvalue weighted by atomic mass is 19.1. The number of rotatable bonds is 6. The molecule has 3 N–H and O–H groups in total. The SMILES string of the molecule is CNC(=O)[C@@H](Cc1c[nH]c2ccccc12)Nc1cc(-c2cncc(F)c2)nc2c(C)cnn12. The molecule has 8 nitrogen and oxygen atoms in total. The first-order chi connectivity index (χ1) is 16.0. The average molecular weight is 443 g/mol. The summed E-state index contributed by atoms with van der Waals surface area (Å²) >= 11 is 0. The molecule has 33 heavy (non-hydrogen) atoms. The predicted octanol–water partition coefficient (Wildman–Crippen LogP) is 3.49. The maximum atomic E-state index is 13.8. The molecule has 0 aliphatic heterocycles. The Morgan fingerprint density at radius 2 is 2.06 bits per heavy atom. The minimum atomic E-state index is -0.581. The second-order valence-electron chi connectivity index (χ2n) is 7.86. The zero-order valence-corrected chi connectivity index (χ0v) is 18.1. The molecule has 5 aromatic rings. The number of aromatic nitrogens is 5. The van der Waals surface area contributed by atoms with E-state index in [1.807, 2.05) is 37.4 Å². The Hall–Kier alpha value is -4.27. The first-order valence-electron chi connectivity index (χ1n) is 10.5. The van der Waals surface area contributed by atoms with E-state index in [0.717, 1.165) is 28.2 Å². The van der Waals surface area contributed by atoms with E-state index in [1.54, 1.807) is 30.0 Å². The number of fused-ring (bicyclic) bond motifs is 2. The summed E-state index contributed by atoms with van der Waals surface area (Å²) in [6.07, 6.45) is 6.78. The van der Waals surface area contributed by atoms with Crippen molar-refractivity contribution in [1.29, 1.82) is 0 Å². The molecule has 166 valence electrons. The third-order valence-corrected chi connectivity index (χ3v) is 5.63. The molecular formula is C24H22FN7O. The summed E-state index contributed by atoms with van der Waals surface area (Å²) in [6.45, 7) is 1.90. The van der Waals surface area contributed by atoms with E-state index in [2.05, 4.69) is 30.7 Å². The first-order valence-corrected chi connectivity index (χ1v) is 10.5. The van der Waals surface area contributed by atoms with Crippen LogP contribution < -0.4 is 10.6 Å². The van der Waals surface area contributed by atoms with Gasteiger partial charge in [0.2, 0.25) is 5.91 Å². The molecule has 0 aliphatic rings. The Labute approximate surface area is 188 Å². The number of amides is 1. The van der Waals surface area contributed by atoms with Crippen molar-refractivity contribution in [2.45, 2.75) is 19.4 Å². The number of benzene rings is 1. The number of nitrogens with one attached hydrogen (secondary N) is 3. The summed E-state index contributed by atoms with van der Waals surface area (Å²) in [5.74, 6) is -0.0413. The number of hydrogen-bond donors (Lipinski definition) is 3. The number of H-pyrrole nitrogens is 1. The standard InChI is InChI=1S/C24H22FN7O/c1-14-10-29-32-22(9-20(31-23(14)32)16-7-17(25)13-27-11-16)30-21(24(33)26-2)8-15-12-28-19-6-4-3-5-18(15)19/h3-7,9-13,21,28,30H,8H2,1-2H3,(H,26,33)/t21-/m1/s1. The fourth-order valence-electron chi connectivity index (χ4n) is 3.96. The van der Waals surface area contributed by atoms with Gasteiger partial charge in [-0.15, -0.1) is 0 Å². The number of para-hydroxylation sites is 1. The van der Waals surface area contributed by atoms with E-state index in [1.165, 1.54) is 6.07 Å². The molecule has 1 atom stereocenters. The summed E-state index contributed by atoms with van der Waals surface area (Å²) in [7, 11) is 1.61. The molecule has 0 spiro atoms. The smallest absolute Gasteiger partial charge is 0.242 e. The van der Waals surface area contributed by atoms with Gasteiger partial charge in [0.1, 0.15) is 17.7 Å². The van der Waals surface area contributed by atoms with Gasteiger partial charge in [0, 0.05) is 54.0 Å². The van der Waals surface area contributed by atoms with Gasteiger partial charge < -0.3 is 15.6 Å². The largest absolute Gasteiger partial charge is 0.361 e. The summed E-state index contributed by atoms with van der Waals surface area (Å²) in [4.78, 5) is 24.7. The number of likely N-dealkylation sites (N-methyl/N-ethyl adjacent to an activating group) is 1. The fourth-order valence-corrected chi connectivity index (χ4v) is 3.96. The summed E-state index contributed by atoms with van der Waals surface area (Å²) in [6, 6.07) is 10.5. The van der Waals surface area contributed by atoms with Crippen molar-refractivity contribution in [1.82, 2.24) is 29.9 Å². The number of pyridine rings is 1. The van der Waals surface area contributed by atoms with Crippen LogP contribution in [0.5, 0.6) is 0 Å². The van der Waals surface area contributed by atoms with E-state index >= 15 is 0 Å². The number of anilines is 1. The van der Waals surface area contributed by atoms with Crippen LogP contribution in [0.3, 0.4) is 0 Å². The molecule has 0 radical (unpaired) electrons. The van der Waals surface area contributed by atoms with Crippen LogP contribution in [-0.2, 0) is 11.2 Å². The average Bonchev–Trinajstić information content (AvgIpc) is 3.42. The van der Waals surface area contributed by atoms with Crippen molar-refractivity contribution < 1.29 is 9.18 Å². The lowest BCUT2D eigenvalue weighted by atomic mass is 10.0. The summed E-state index contributed by atoms with van der Waals surface area (Å²) in [5, 5.41) is 11.6. The van der Waals surface area contributed by atoms with Gasteiger partial charge in [-0.25, -0.2) is 9.37 Å². The van der Waals surface area contributed by atoms with E-state index in [4.69, 9.17) is 0 Å². The lowest BCUT2D eigenvalue weighted by Gasteiger charge is -2.19. The van der Waals surface area contributed by atoms with Crippen LogP contribution in [0.4, 0.5) is 10.2 Å². The van der Waals surface area contributed by atoms with Crippen molar-refractivity contribution >= 4 is 28.3 Å². The molecule has 4 heterocycles. The number of aromatic amines is 1. The van der Waals surface area contributed by atoms with Crippen LogP contribution in [-0.4, -0.2) is 43.6 Å². The van der Waals surface area contributed by atoms with Crippen molar-refractivity contribution in [2.75, 3.05) is 12.4 Å². The highest BCUT2D eigenvalue weighted by molar-refractivity contribution is 5.88. The Bertz CT molecular complexity index is 1470. The molecule has 0 unspecified atom stereocenters.